The molecule has 0 aromatic heterocycles. The quantitative estimate of drug-likeness (QED) is 0.357. The molecule has 1 aromatic rings. The van der Waals surface area contributed by atoms with Gasteiger partial charge in [-0.15, -0.1) is 0 Å². The molecule has 0 heterocycles. The Morgan fingerprint density at radius 3 is 2.80 bits per heavy atom. The third-order valence-electron chi connectivity index (χ3n) is 1.91. The molecule has 0 radical (unpaired) electrons. The molecule has 15 heavy (non-hydrogen) atoms. The fraction of sp³-hybridized carbons (Fsp3) is 0.222. The lowest BCUT2D eigenvalue weighted by molar-refractivity contribution is 0.0601. The van der Waals surface area contributed by atoms with Gasteiger partial charge in [0.15, 0.2) is 0 Å². The molecule has 0 saturated carbocycles. The SMILES string of the molecule is COC(=O)c1ccc(Br)c(C)c1N=[N+]=[N-]. The van der Waals surface area contributed by atoms with E-state index in [4.69, 9.17) is 5.53 Å². The highest BCUT2D eigenvalue weighted by Crippen LogP contribution is 2.30. The van der Waals surface area contributed by atoms with Crippen molar-refractivity contribution in [3.8, 4) is 0 Å². The molecule has 0 spiro atoms. The molecule has 0 fully saturated rings. The average Bonchev–Trinajstić information content (AvgIpc) is 2.24. The van der Waals surface area contributed by atoms with Crippen molar-refractivity contribution in [3.63, 3.8) is 0 Å². The number of esters is 1. The Morgan fingerprint density at radius 1 is 1.60 bits per heavy atom. The van der Waals surface area contributed by atoms with Crippen LogP contribution in [0.5, 0.6) is 0 Å². The van der Waals surface area contributed by atoms with Crippen LogP contribution >= 0.6 is 15.9 Å². The molecule has 6 heteroatoms. The number of carbonyl (C=O) groups is 1. The summed E-state index contributed by atoms with van der Waals surface area (Å²) in [6.45, 7) is 1.75. The number of halogens is 1. The van der Waals surface area contributed by atoms with E-state index in [2.05, 4.69) is 30.7 Å². The van der Waals surface area contributed by atoms with Gasteiger partial charge in [-0.25, -0.2) is 4.79 Å². The Kier molecular flexibility index (Phi) is 3.71. The predicted octanol–water partition coefficient (Wildman–Crippen LogP) is 3.49. The van der Waals surface area contributed by atoms with Gasteiger partial charge in [0, 0.05) is 9.38 Å². The maximum atomic E-state index is 11.4. The molecule has 0 saturated heterocycles. The van der Waals surface area contributed by atoms with Gasteiger partial charge in [-0.3, -0.25) is 0 Å². The van der Waals surface area contributed by atoms with Crippen LogP contribution in [-0.2, 0) is 4.74 Å². The van der Waals surface area contributed by atoms with E-state index in [9.17, 15) is 4.79 Å². The van der Waals surface area contributed by atoms with Crippen molar-refractivity contribution >= 4 is 27.6 Å². The summed E-state index contributed by atoms with van der Waals surface area (Å²) in [6, 6.07) is 3.25. The standard InChI is InChI=1S/C9H8BrN3O2/c1-5-7(10)4-3-6(9(14)15-2)8(5)12-13-11/h3-4H,1-2H3. The van der Waals surface area contributed by atoms with Gasteiger partial charge in [-0.1, -0.05) is 21.0 Å². The van der Waals surface area contributed by atoms with Crippen molar-refractivity contribution in [1.29, 1.82) is 0 Å². The van der Waals surface area contributed by atoms with Crippen LogP contribution < -0.4 is 0 Å². The Labute approximate surface area is 94.8 Å². The number of nitrogens with zero attached hydrogens (tertiary/aromatic N) is 3. The first-order valence-corrected chi connectivity index (χ1v) is 4.83. The Hall–Kier alpha value is -1.52. The van der Waals surface area contributed by atoms with Gasteiger partial charge in [0.2, 0.25) is 0 Å². The summed E-state index contributed by atoms with van der Waals surface area (Å²) in [5.74, 6) is -0.520. The second-order valence-corrected chi connectivity index (χ2v) is 3.60. The number of carbonyl (C=O) groups excluding carboxylic acids is 1. The maximum absolute atomic E-state index is 11.4. The number of ether oxygens (including phenoxy) is 1. The molecule has 1 aromatic carbocycles. The van der Waals surface area contributed by atoms with Gasteiger partial charge in [-0.2, -0.15) is 0 Å². The smallest absolute Gasteiger partial charge is 0.338 e. The van der Waals surface area contributed by atoms with Crippen LogP contribution in [-0.4, -0.2) is 13.1 Å². The average molecular weight is 270 g/mol. The summed E-state index contributed by atoms with van der Waals surface area (Å²) >= 11 is 3.29. The highest BCUT2D eigenvalue weighted by atomic mass is 79.9. The Bertz CT molecular complexity index is 453. The first-order chi connectivity index (χ1) is 7.11. The van der Waals surface area contributed by atoms with E-state index in [0.29, 0.717) is 11.3 Å². The molecule has 0 unspecified atom stereocenters. The van der Waals surface area contributed by atoms with Crippen molar-refractivity contribution in [3.05, 3.63) is 38.2 Å². The van der Waals surface area contributed by atoms with E-state index in [1.54, 1.807) is 19.1 Å². The van der Waals surface area contributed by atoms with Gasteiger partial charge in [-0.05, 0) is 30.2 Å². The first kappa shape index (κ1) is 11.6. The third kappa shape index (κ3) is 2.29. The first-order valence-electron chi connectivity index (χ1n) is 4.04. The van der Waals surface area contributed by atoms with Crippen molar-refractivity contribution in [2.45, 2.75) is 6.92 Å². The number of hydrogen-bond donors (Lipinski definition) is 0. The fourth-order valence-corrected chi connectivity index (χ4v) is 1.44. The van der Waals surface area contributed by atoms with Gasteiger partial charge in [0.05, 0.1) is 18.4 Å². The number of rotatable bonds is 2. The Balaban J connectivity index is 3.46. The molecule has 5 nitrogen and oxygen atoms in total. The fourth-order valence-electron chi connectivity index (χ4n) is 1.12. The zero-order chi connectivity index (χ0) is 11.4. The lowest BCUT2D eigenvalue weighted by atomic mass is 10.1. The van der Waals surface area contributed by atoms with Crippen LogP contribution in [0.2, 0.25) is 0 Å². The van der Waals surface area contributed by atoms with E-state index in [0.717, 1.165) is 4.47 Å². The summed E-state index contributed by atoms with van der Waals surface area (Å²) in [4.78, 5) is 14.0. The largest absolute Gasteiger partial charge is 0.465 e. The normalized spacial score (nSPS) is 9.27. The van der Waals surface area contributed by atoms with Gasteiger partial charge >= 0.3 is 5.97 Å². The van der Waals surface area contributed by atoms with Gasteiger partial charge in [0.25, 0.3) is 0 Å². The molecule has 0 N–H and O–H groups in total. The number of benzene rings is 1. The summed E-state index contributed by atoms with van der Waals surface area (Å²) < 4.78 is 5.36. The van der Waals surface area contributed by atoms with Gasteiger partial charge in [0.1, 0.15) is 0 Å². The highest BCUT2D eigenvalue weighted by Gasteiger charge is 2.14. The van der Waals surface area contributed by atoms with Crippen LogP contribution in [0.4, 0.5) is 5.69 Å². The topological polar surface area (TPSA) is 75.1 Å². The molecular weight excluding hydrogens is 262 g/mol. The van der Waals surface area contributed by atoms with Crippen molar-refractivity contribution in [2.24, 2.45) is 5.11 Å². The summed E-state index contributed by atoms with van der Waals surface area (Å²) in [7, 11) is 1.28. The predicted molar refractivity (Wildman–Crippen MR) is 59.0 cm³/mol. The van der Waals surface area contributed by atoms with Crippen molar-refractivity contribution in [2.75, 3.05) is 7.11 Å². The maximum Gasteiger partial charge on any atom is 0.338 e. The molecule has 0 amide bonds. The highest BCUT2D eigenvalue weighted by molar-refractivity contribution is 9.10. The molecular formula is C9H8BrN3O2. The summed E-state index contributed by atoms with van der Waals surface area (Å²) in [6.07, 6.45) is 0. The zero-order valence-electron chi connectivity index (χ0n) is 8.19. The van der Waals surface area contributed by atoms with E-state index in [1.165, 1.54) is 7.11 Å². The van der Waals surface area contributed by atoms with Crippen molar-refractivity contribution < 1.29 is 9.53 Å². The third-order valence-corrected chi connectivity index (χ3v) is 2.77. The Morgan fingerprint density at radius 2 is 2.27 bits per heavy atom. The van der Waals surface area contributed by atoms with E-state index >= 15 is 0 Å². The van der Waals surface area contributed by atoms with Crippen LogP contribution in [0.25, 0.3) is 10.4 Å². The minimum Gasteiger partial charge on any atom is -0.465 e. The summed E-state index contributed by atoms with van der Waals surface area (Å²) in [5, 5.41) is 3.49. The minimum atomic E-state index is -0.520. The minimum absolute atomic E-state index is 0.260. The lowest BCUT2D eigenvalue weighted by Crippen LogP contribution is -2.02. The van der Waals surface area contributed by atoms with Crippen LogP contribution in [0.15, 0.2) is 21.7 Å². The van der Waals surface area contributed by atoms with Crippen LogP contribution in [0.3, 0.4) is 0 Å². The van der Waals surface area contributed by atoms with E-state index < -0.39 is 5.97 Å². The zero-order valence-corrected chi connectivity index (χ0v) is 9.78. The lowest BCUT2D eigenvalue weighted by Gasteiger charge is -2.07. The van der Waals surface area contributed by atoms with Gasteiger partial charge < -0.3 is 4.74 Å². The molecule has 0 aliphatic rings. The number of hydrogen-bond acceptors (Lipinski definition) is 3. The number of azide groups is 1. The molecule has 0 aliphatic heterocycles. The summed E-state index contributed by atoms with van der Waals surface area (Å²) in [5.41, 5.74) is 9.66. The molecule has 0 atom stereocenters. The van der Waals surface area contributed by atoms with E-state index in [1.807, 2.05) is 0 Å². The molecule has 0 aliphatic carbocycles. The number of methoxy groups -OCH3 is 1. The van der Waals surface area contributed by atoms with E-state index in [-0.39, 0.29) is 5.56 Å². The second kappa shape index (κ2) is 4.82. The van der Waals surface area contributed by atoms with Crippen LogP contribution in [0, 0.1) is 6.92 Å². The molecule has 78 valence electrons. The molecule has 1 rings (SSSR count). The molecule has 0 bridgehead atoms. The second-order valence-electron chi connectivity index (χ2n) is 2.75. The monoisotopic (exact) mass is 269 g/mol. The van der Waals surface area contributed by atoms with Crippen molar-refractivity contribution in [1.82, 2.24) is 0 Å². The van der Waals surface area contributed by atoms with Crippen LogP contribution in [0.1, 0.15) is 15.9 Å².